The summed E-state index contributed by atoms with van der Waals surface area (Å²) in [6.07, 6.45) is 4.36. The number of ether oxygens (including phenoxy) is 1. The molecule has 1 aromatic carbocycles. The summed E-state index contributed by atoms with van der Waals surface area (Å²) < 4.78 is 11.0. The SMILES string of the molecule is CCc1cc(Oc2cnccn2)cc2c1C(CC(=O)O)OB2O. The Kier molecular flexibility index (Phi) is 4.27. The molecule has 0 saturated carbocycles. The molecule has 23 heavy (non-hydrogen) atoms. The van der Waals surface area contributed by atoms with Gasteiger partial charge < -0.3 is 19.5 Å². The Labute approximate surface area is 133 Å². The van der Waals surface area contributed by atoms with Crippen molar-refractivity contribution in [3.8, 4) is 11.6 Å². The highest BCUT2D eigenvalue weighted by Crippen LogP contribution is 2.33. The number of hydrogen-bond acceptors (Lipinski definition) is 6. The largest absolute Gasteiger partial charge is 0.492 e. The van der Waals surface area contributed by atoms with E-state index in [4.69, 9.17) is 14.5 Å². The van der Waals surface area contributed by atoms with Crippen LogP contribution < -0.4 is 10.2 Å². The molecule has 0 spiro atoms. The van der Waals surface area contributed by atoms with Gasteiger partial charge in [0.2, 0.25) is 5.88 Å². The minimum Gasteiger partial charge on any atom is -0.481 e. The lowest BCUT2D eigenvalue weighted by atomic mass is 9.77. The lowest BCUT2D eigenvalue weighted by molar-refractivity contribution is -0.138. The third-order valence-corrected chi connectivity index (χ3v) is 3.66. The van der Waals surface area contributed by atoms with Gasteiger partial charge in [0.1, 0.15) is 5.75 Å². The average molecular weight is 314 g/mol. The van der Waals surface area contributed by atoms with Crippen LogP contribution in [0.4, 0.5) is 0 Å². The molecule has 1 aliphatic heterocycles. The summed E-state index contributed by atoms with van der Waals surface area (Å²) in [6, 6.07) is 3.46. The first-order valence-electron chi connectivity index (χ1n) is 7.24. The van der Waals surface area contributed by atoms with Gasteiger partial charge in [0, 0.05) is 12.4 Å². The summed E-state index contributed by atoms with van der Waals surface area (Å²) in [5.41, 5.74) is 2.15. The van der Waals surface area contributed by atoms with E-state index in [1.165, 1.54) is 12.4 Å². The van der Waals surface area contributed by atoms with E-state index >= 15 is 0 Å². The fraction of sp³-hybridized carbons (Fsp3) is 0.267. The molecule has 2 aromatic rings. The van der Waals surface area contributed by atoms with Crippen LogP contribution in [0.15, 0.2) is 30.7 Å². The highest BCUT2D eigenvalue weighted by Gasteiger charge is 2.38. The Morgan fingerprint density at radius 3 is 2.91 bits per heavy atom. The lowest BCUT2D eigenvalue weighted by Crippen LogP contribution is -2.28. The first-order valence-corrected chi connectivity index (χ1v) is 7.24. The zero-order valence-corrected chi connectivity index (χ0v) is 12.5. The predicted octanol–water partition coefficient (Wildman–Crippen LogP) is 1.06. The number of aromatic nitrogens is 2. The van der Waals surface area contributed by atoms with Crippen LogP contribution in [-0.4, -0.2) is 33.2 Å². The van der Waals surface area contributed by atoms with Crippen LogP contribution in [0.3, 0.4) is 0 Å². The Bertz CT molecular complexity index is 725. The second-order valence-electron chi connectivity index (χ2n) is 5.16. The Balaban J connectivity index is 1.97. The van der Waals surface area contributed by atoms with Gasteiger partial charge in [0.05, 0.1) is 18.7 Å². The number of benzene rings is 1. The minimum atomic E-state index is -1.16. The third-order valence-electron chi connectivity index (χ3n) is 3.66. The third kappa shape index (κ3) is 3.18. The molecular weight excluding hydrogens is 299 g/mol. The molecule has 7 nitrogen and oxygen atoms in total. The van der Waals surface area contributed by atoms with Gasteiger partial charge in [0.25, 0.3) is 0 Å². The number of fused-ring (bicyclic) bond motifs is 1. The number of nitrogens with zero attached hydrogens (tertiary/aromatic N) is 2. The zero-order chi connectivity index (χ0) is 16.4. The molecule has 2 heterocycles. The van der Waals surface area contributed by atoms with E-state index in [0.29, 0.717) is 23.5 Å². The van der Waals surface area contributed by atoms with Gasteiger partial charge in [-0.2, -0.15) is 0 Å². The molecule has 118 valence electrons. The van der Waals surface area contributed by atoms with Gasteiger partial charge in [0.15, 0.2) is 0 Å². The summed E-state index contributed by atoms with van der Waals surface area (Å²) in [6.45, 7) is 1.95. The van der Waals surface area contributed by atoms with E-state index < -0.39 is 19.2 Å². The van der Waals surface area contributed by atoms with Crippen LogP contribution >= 0.6 is 0 Å². The Hall–Kier alpha value is -2.45. The van der Waals surface area contributed by atoms with Gasteiger partial charge >= 0.3 is 13.1 Å². The summed E-state index contributed by atoms with van der Waals surface area (Å²) >= 11 is 0. The maximum absolute atomic E-state index is 11.0. The first kappa shape index (κ1) is 15.5. The lowest BCUT2D eigenvalue weighted by Gasteiger charge is -2.14. The Morgan fingerprint density at radius 2 is 2.26 bits per heavy atom. The van der Waals surface area contributed by atoms with E-state index in [1.807, 2.05) is 13.0 Å². The van der Waals surface area contributed by atoms with Crippen molar-refractivity contribution in [1.29, 1.82) is 0 Å². The van der Waals surface area contributed by atoms with E-state index in [0.717, 1.165) is 11.1 Å². The van der Waals surface area contributed by atoms with Crippen LogP contribution in [0.5, 0.6) is 11.6 Å². The van der Waals surface area contributed by atoms with E-state index in [-0.39, 0.29) is 6.42 Å². The molecule has 1 atom stereocenters. The highest BCUT2D eigenvalue weighted by atomic mass is 16.5. The van der Waals surface area contributed by atoms with Crippen LogP contribution in [0.25, 0.3) is 0 Å². The van der Waals surface area contributed by atoms with Crippen LogP contribution in [0.2, 0.25) is 0 Å². The number of hydrogen-bond donors (Lipinski definition) is 2. The molecule has 0 fully saturated rings. The smallest absolute Gasteiger partial charge is 0.481 e. The molecule has 1 unspecified atom stereocenters. The average Bonchev–Trinajstić information content (AvgIpc) is 2.83. The predicted molar refractivity (Wildman–Crippen MR) is 81.6 cm³/mol. The molecule has 1 aliphatic rings. The molecular formula is C15H15BN2O5. The molecule has 2 N–H and O–H groups in total. The fourth-order valence-corrected chi connectivity index (χ4v) is 2.72. The van der Waals surface area contributed by atoms with Crippen molar-refractivity contribution < 1.29 is 24.3 Å². The Morgan fingerprint density at radius 1 is 1.43 bits per heavy atom. The van der Waals surface area contributed by atoms with Crippen molar-refractivity contribution in [2.75, 3.05) is 0 Å². The zero-order valence-electron chi connectivity index (χ0n) is 12.5. The van der Waals surface area contributed by atoms with Gasteiger partial charge in [-0.3, -0.25) is 9.78 Å². The minimum absolute atomic E-state index is 0.193. The second-order valence-corrected chi connectivity index (χ2v) is 5.16. The van der Waals surface area contributed by atoms with Crippen molar-refractivity contribution in [2.24, 2.45) is 0 Å². The van der Waals surface area contributed by atoms with Crippen molar-refractivity contribution in [3.63, 3.8) is 0 Å². The van der Waals surface area contributed by atoms with E-state index in [1.54, 1.807) is 12.3 Å². The maximum Gasteiger partial charge on any atom is 0.492 e. The van der Waals surface area contributed by atoms with Crippen molar-refractivity contribution in [1.82, 2.24) is 9.97 Å². The number of aliphatic carboxylic acids is 1. The summed E-state index contributed by atoms with van der Waals surface area (Å²) in [4.78, 5) is 18.9. The number of rotatable bonds is 5. The summed E-state index contributed by atoms with van der Waals surface area (Å²) in [5.74, 6) is -0.137. The van der Waals surface area contributed by atoms with Crippen molar-refractivity contribution in [2.45, 2.75) is 25.9 Å². The standard InChI is InChI=1S/C15H15BN2O5/c1-2-9-5-10(22-13-8-17-3-4-18-13)6-11-15(9)12(7-14(19)20)23-16(11)21/h3-6,8,12,21H,2,7H2,1H3,(H,19,20). The number of carboxylic acids is 1. The summed E-state index contributed by atoms with van der Waals surface area (Å²) in [7, 11) is -1.16. The normalized spacial score (nSPS) is 16.3. The molecule has 1 aromatic heterocycles. The van der Waals surface area contributed by atoms with Crippen LogP contribution in [0.1, 0.15) is 30.6 Å². The van der Waals surface area contributed by atoms with Gasteiger partial charge in [-0.25, -0.2) is 4.98 Å². The monoisotopic (exact) mass is 314 g/mol. The first-order chi connectivity index (χ1) is 11.1. The molecule has 3 rings (SSSR count). The fourth-order valence-electron chi connectivity index (χ4n) is 2.72. The molecule has 0 amide bonds. The van der Waals surface area contributed by atoms with Crippen LogP contribution in [-0.2, 0) is 15.9 Å². The van der Waals surface area contributed by atoms with E-state index in [2.05, 4.69) is 9.97 Å². The van der Waals surface area contributed by atoms with Gasteiger partial charge in [-0.05, 0) is 35.1 Å². The van der Waals surface area contributed by atoms with Crippen molar-refractivity contribution >= 4 is 18.6 Å². The van der Waals surface area contributed by atoms with Gasteiger partial charge in [-0.15, -0.1) is 0 Å². The molecule has 0 saturated heterocycles. The maximum atomic E-state index is 11.0. The number of carbonyl (C=O) groups is 1. The molecule has 0 bridgehead atoms. The number of carboxylic acid groups (broad SMARTS) is 1. The van der Waals surface area contributed by atoms with Crippen molar-refractivity contribution in [3.05, 3.63) is 41.9 Å². The molecule has 8 heteroatoms. The molecule has 0 aliphatic carbocycles. The van der Waals surface area contributed by atoms with Gasteiger partial charge in [-0.1, -0.05) is 6.92 Å². The number of aryl methyl sites for hydroxylation is 1. The quantitative estimate of drug-likeness (QED) is 0.796. The topological polar surface area (TPSA) is 102 Å². The van der Waals surface area contributed by atoms with Crippen LogP contribution in [0, 0.1) is 0 Å². The highest BCUT2D eigenvalue weighted by molar-refractivity contribution is 6.62. The van der Waals surface area contributed by atoms with E-state index in [9.17, 15) is 9.82 Å². The second kappa shape index (κ2) is 6.35. The summed E-state index contributed by atoms with van der Waals surface area (Å²) in [5, 5.41) is 19.1. The molecule has 0 radical (unpaired) electrons.